The van der Waals surface area contributed by atoms with Crippen molar-refractivity contribution in [2.24, 2.45) is 0 Å². The summed E-state index contributed by atoms with van der Waals surface area (Å²) in [6, 6.07) is 3.83. The predicted molar refractivity (Wildman–Crippen MR) is 41.5 cm³/mol. The molecule has 0 saturated carbocycles. The number of ketones is 1. The van der Waals surface area contributed by atoms with Gasteiger partial charge in [0.25, 0.3) is 0 Å². The monoisotopic (exact) mass is 252 g/mol. The van der Waals surface area contributed by atoms with Crippen LogP contribution in [0.2, 0.25) is 0 Å². The number of Topliss-reactive ketones (excluding diaryl/α,β-unsaturated/α-hetero) is 1. The van der Waals surface area contributed by atoms with Gasteiger partial charge in [0, 0.05) is 0 Å². The van der Waals surface area contributed by atoms with Gasteiger partial charge >= 0.3 is 67.9 Å². The fourth-order valence-electron chi connectivity index (χ4n) is 0.503. The Kier molecular flexibility index (Phi) is 2.70. The number of carbonyl (C=O) groups is 1. The number of hydrogen-bond donors (Lipinski definition) is 0. The molecule has 1 rings (SSSR count). The molecule has 9 heavy (non-hydrogen) atoms. The third kappa shape index (κ3) is 1.78. The van der Waals surface area contributed by atoms with Crippen molar-refractivity contribution in [3.05, 3.63) is 21.5 Å². The molecule has 0 atom stereocenters. The molecule has 0 aliphatic heterocycles. The van der Waals surface area contributed by atoms with Crippen LogP contribution in [0.1, 0.15) is 9.23 Å². The van der Waals surface area contributed by atoms with E-state index in [0.717, 1.165) is 4.44 Å². The molecular formula is C6H5BrOSe. The van der Waals surface area contributed by atoms with E-state index in [1.165, 1.54) is 0 Å². The summed E-state index contributed by atoms with van der Waals surface area (Å²) < 4.78 is 0.972. The van der Waals surface area contributed by atoms with E-state index in [1.54, 1.807) is 0 Å². The quantitative estimate of drug-likeness (QED) is 0.440. The van der Waals surface area contributed by atoms with Crippen molar-refractivity contribution in [1.82, 2.24) is 0 Å². The summed E-state index contributed by atoms with van der Waals surface area (Å²) in [5.41, 5.74) is 0. The molecule has 48 valence electrons. The van der Waals surface area contributed by atoms with E-state index in [9.17, 15) is 4.79 Å². The maximum absolute atomic E-state index is 10.9. The fourth-order valence-corrected chi connectivity index (χ4v) is 2.62. The molecule has 0 N–H and O–H groups in total. The standard InChI is InChI=1S/C6H5BrOSe/c7-4-5(8)6-2-1-3-9-6/h1-3H,4H2. The first-order chi connectivity index (χ1) is 4.34. The Morgan fingerprint density at radius 3 is 3.00 bits per heavy atom. The number of alkyl halides is 1. The van der Waals surface area contributed by atoms with Gasteiger partial charge in [-0.1, -0.05) is 0 Å². The Hall–Kier alpha value is 0.149. The molecule has 0 spiro atoms. The Labute approximate surface area is 67.9 Å². The van der Waals surface area contributed by atoms with Gasteiger partial charge in [-0.25, -0.2) is 0 Å². The van der Waals surface area contributed by atoms with Crippen molar-refractivity contribution in [3.63, 3.8) is 0 Å². The second-order valence-electron chi connectivity index (χ2n) is 1.53. The van der Waals surface area contributed by atoms with Crippen molar-refractivity contribution in [1.29, 1.82) is 0 Å². The van der Waals surface area contributed by atoms with Crippen LogP contribution in [0.15, 0.2) is 17.1 Å². The second-order valence-corrected chi connectivity index (χ2v) is 4.08. The summed E-state index contributed by atoms with van der Waals surface area (Å²) in [5.74, 6) is 0.222. The summed E-state index contributed by atoms with van der Waals surface area (Å²) in [4.78, 5) is 12.9. The van der Waals surface area contributed by atoms with Crippen LogP contribution in [0.4, 0.5) is 0 Å². The van der Waals surface area contributed by atoms with Gasteiger partial charge in [-0.05, 0) is 0 Å². The zero-order valence-electron chi connectivity index (χ0n) is 4.63. The third-order valence-corrected chi connectivity index (χ3v) is 3.34. The molecule has 0 bridgehead atoms. The summed E-state index contributed by atoms with van der Waals surface area (Å²) in [6.45, 7) is 0. The SMILES string of the molecule is O=C(CBr)c1ccc[se]1. The van der Waals surface area contributed by atoms with Crippen LogP contribution in [-0.4, -0.2) is 25.6 Å². The van der Waals surface area contributed by atoms with Crippen molar-refractivity contribution in [2.45, 2.75) is 0 Å². The van der Waals surface area contributed by atoms with Gasteiger partial charge in [-0.15, -0.1) is 0 Å². The normalized spacial score (nSPS) is 9.44. The van der Waals surface area contributed by atoms with Crippen LogP contribution in [0.5, 0.6) is 0 Å². The Morgan fingerprint density at radius 1 is 1.78 bits per heavy atom. The van der Waals surface area contributed by atoms with Crippen LogP contribution in [0.3, 0.4) is 0 Å². The predicted octanol–water partition coefficient (Wildman–Crippen LogP) is 1.32. The van der Waals surface area contributed by atoms with Crippen LogP contribution in [0.25, 0.3) is 0 Å². The first-order valence-corrected chi connectivity index (χ1v) is 5.44. The van der Waals surface area contributed by atoms with Crippen molar-refractivity contribution < 1.29 is 4.79 Å². The topological polar surface area (TPSA) is 17.1 Å². The summed E-state index contributed by atoms with van der Waals surface area (Å²) in [7, 11) is 0. The minimum absolute atomic E-state index is 0.222. The zero-order valence-corrected chi connectivity index (χ0v) is 7.93. The Balaban J connectivity index is 2.77. The van der Waals surface area contributed by atoms with E-state index in [2.05, 4.69) is 15.9 Å². The van der Waals surface area contributed by atoms with Crippen molar-refractivity contribution in [2.75, 3.05) is 5.33 Å². The van der Waals surface area contributed by atoms with Crippen molar-refractivity contribution in [3.8, 4) is 0 Å². The molecule has 3 heteroatoms. The molecule has 0 aliphatic carbocycles. The molecular weight excluding hydrogens is 247 g/mol. The van der Waals surface area contributed by atoms with E-state index in [0.29, 0.717) is 19.8 Å². The number of halogens is 1. The molecule has 0 saturated heterocycles. The summed E-state index contributed by atoms with van der Waals surface area (Å²) in [5, 5.41) is 0.461. The van der Waals surface area contributed by atoms with E-state index in [-0.39, 0.29) is 5.78 Å². The van der Waals surface area contributed by atoms with Crippen LogP contribution in [0, 0.1) is 0 Å². The van der Waals surface area contributed by atoms with Gasteiger partial charge in [0.05, 0.1) is 0 Å². The first-order valence-electron chi connectivity index (χ1n) is 2.47. The molecule has 0 aliphatic rings. The molecule has 0 unspecified atom stereocenters. The average molecular weight is 252 g/mol. The Morgan fingerprint density at radius 2 is 2.56 bits per heavy atom. The number of carbonyl (C=O) groups excluding carboxylic acids is 1. The van der Waals surface area contributed by atoms with Gasteiger partial charge in [-0.3, -0.25) is 0 Å². The molecule has 0 aromatic carbocycles. The summed E-state index contributed by atoms with van der Waals surface area (Å²) >= 11 is 3.43. The van der Waals surface area contributed by atoms with E-state index in [4.69, 9.17) is 0 Å². The molecule has 1 nitrogen and oxygen atoms in total. The summed E-state index contributed by atoms with van der Waals surface area (Å²) in [6.07, 6.45) is 0. The fraction of sp³-hybridized carbons (Fsp3) is 0.167. The molecule has 0 amide bonds. The van der Waals surface area contributed by atoms with E-state index < -0.39 is 0 Å². The molecule has 1 heterocycles. The third-order valence-electron chi connectivity index (χ3n) is 0.917. The van der Waals surface area contributed by atoms with Crippen LogP contribution < -0.4 is 0 Å². The zero-order chi connectivity index (χ0) is 6.69. The molecule has 0 radical (unpaired) electrons. The van der Waals surface area contributed by atoms with E-state index in [1.807, 2.05) is 17.1 Å². The number of hydrogen-bond acceptors (Lipinski definition) is 1. The van der Waals surface area contributed by atoms with Gasteiger partial charge in [0.1, 0.15) is 0 Å². The van der Waals surface area contributed by atoms with Gasteiger partial charge < -0.3 is 0 Å². The van der Waals surface area contributed by atoms with Gasteiger partial charge in [0.15, 0.2) is 0 Å². The average Bonchev–Trinajstić information content (AvgIpc) is 2.37. The maximum atomic E-state index is 10.9. The van der Waals surface area contributed by atoms with Crippen molar-refractivity contribution >= 4 is 36.2 Å². The van der Waals surface area contributed by atoms with Gasteiger partial charge in [-0.2, -0.15) is 0 Å². The van der Waals surface area contributed by atoms with Crippen LogP contribution in [-0.2, 0) is 0 Å². The molecule has 1 aromatic rings. The Bertz CT molecular complexity index is 193. The first kappa shape index (κ1) is 7.26. The second kappa shape index (κ2) is 3.35. The van der Waals surface area contributed by atoms with Gasteiger partial charge in [0.2, 0.25) is 0 Å². The van der Waals surface area contributed by atoms with E-state index >= 15 is 0 Å². The molecule has 1 aromatic heterocycles. The minimum atomic E-state index is 0.222. The number of rotatable bonds is 2. The van der Waals surface area contributed by atoms with Crippen LogP contribution >= 0.6 is 15.9 Å². The molecule has 0 fully saturated rings.